The Kier molecular flexibility index (Phi) is 7.43. The van der Waals surface area contributed by atoms with Crippen molar-refractivity contribution in [3.63, 3.8) is 0 Å². The molecule has 2 heterocycles. The molecule has 0 bridgehead atoms. The SMILES string of the molecule is CN=C(NCCn1cc(C)cn1)NC(C)c1ccc(C)o1.I. The molecule has 0 spiro atoms. The van der Waals surface area contributed by atoms with E-state index in [4.69, 9.17) is 4.42 Å². The Morgan fingerprint density at radius 1 is 1.41 bits per heavy atom. The second kappa shape index (κ2) is 8.82. The Balaban J connectivity index is 0.00000242. The molecule has 0 aliphatic heterocycles. The minimum absolute atomic E-state index is 0. The van der Waals surface area contributed by atoms with Gasteiger partial charge >= 0.3 is 0 Å². The van der Waals surface area contributed by atoms with Crippen LogP contribution in [0.1, 0.15) is 30.0 Å². The third kappa shape index (κ3) is 5.36. The topological polar surface area (TPSA) is 67.4 Å². The van der Waals surface area contributed by atoms with E-state index in [1.54, 1.807) is 7.05 Å². The highest BCUT2D eigenvalue weighted by Gasteiger charge is 2.10. The van der Waals surface area contributed by atoms with E-state index in [0.717, 1.165) is 30.6 Å². The van der Waals surface area contributed by atoms with Crippen LogP contribution in [0.25, 0.3) is 0 Å². The molecular formula is C15H24IN5O. The molecule has 2 aromatic rings. The lowest BCUT2D eigenvalue weighted by Crippen LogP contribution is -2.40. The Bertz CT molecular complexity index is 605. The van der Waals surface area contributed by atoms with Crippen LogP contribution in [0.3, 0.4) is 0 Å². The molecule has 7 heteroatoms. The summed E-state index contributed by atoms with van der Waals surface area (Å²) in [5.74, 6) is 2.56. The third-order valence-electron chi connectivity index (χ3n) is 3.16. The van der Waals surface area contributed by atoms with Crippen molar-refractivity contribution < 1.29 is 4.42 Å². The predicted octanol–water partition coefficient (Wildman–Crippen LogP) is 2.64. The molecule has 1 atom stereocenters. The number of hydrogen-bond acceptors (Lipinski definition) is 3. The molecule has 2 N–H and O–H groups in total. The summed E-state index contributed by atoms with van der Waals surface area (Å²) in [6.07, 6.45) is 3.88. The fourth-order valence-electron chi connectivity index (χ4n) is 2.04. The summed E-state index contributed by atoms with van der Waals surface area (Å²) >= 11 is 0. The van der Waals surface area contributed by atoms with Gasteiger partial charge in [-0.05, 0) is 38.5 Å². The molecule has 0 radical (unpaired) electrons. The van der Waals surface area contributed by atoms with E-state index in [0.29, 0.717) is 0 Å². The highest BCUT2D eigenvalue weighted by Crippen LogP contribution is 2.15. The van der Waals surface area contributed by atoms with Crippen LogP contribution in [0, 0.1) is 13.8 Å². The number of aliphatic imine (C=N–C) groups is 1. The van der Waals surface area contributed by atoms with Gasteiger partial charge < -0.3 is 15.1 Å². The summed E-state index contributed by atoms with van der Waals surface area (Å²) in [5, 5.41) is 10.8. The number of furan rings is 1. The zero-order chi connectivity index (χ0) is 15.2. The van der Waals surface area contributed by atoms with Crippen molar-refractivity contribution in [2.24, 2.45) is 4.99 Å². The van der Waals surface area contributed by atoms with Crippen LogP contribution in [-0.2, 0) is 6.54 Å². The highest BCUT2D eigenvalue weighted by atomic mass is 127. The zero-order valence-corrected chi connectivity index (χ0v) is 15.8. The number of hydrogen-bond donors (Lipinski definition) is 2. The molecule has 0 fully saturated rings. The molecule has 0 amide bonds. The second-order valence-corrected chi connectivity index (χ2v) is 5.09. The number of rotatable bonds is 5. The molecule has 0 aliphatic rings. The normalized spacial score (nSPS) is 12.6. The molecule has 0 saturated heterocycles. The molecular weight excluding hydrogens is 393 g/mol. The van der Waals surface area contributed by atoms with E-state index in [1.807, 2.05) is 50.0 Å². The van der Waals surface area contributed by atoms with Crippen LogP contribution < -0.4 is 10.6 Å². The second-order valence-electron chi connectivity index (χ2n) is 5.09. The van der Waals surface area contributed by atoms with Gasteiger partial charge in [0.2, 0.25) is 0 Å². The van der Waals surface area contributed by atoms with Gasteiger partial charge in [-0.1, -0.05) is 0 Å². The van der Waals surface area contributed by atoms with Gasteiger partial charge in [0.25, 0.3) is 0 Å². The van der Waals surface area contributed by atoms with Gasteiger partial charge in [-0.25, -0.2) is 0 Å². The summed E-state index contributed by atoms with van der Waals surface area (Å²) in [7, 11) is 1.76. The lowest BCUT2D eigenvalue weighted by atomic mass is 10.2. The quantitative estimate of drug-likeness (QED) is 0.446. The van der Waals surface area contributed by atoms with Crippen LogP contribution in [-0.4, -0.2) is 29.3 Å². The van der Waals surface area contributed by atoms with E-state index in [2.05, 4.69) is 20.7 Å². The maximum atomic E-state index is 5.61. The molecule has 6 nitrogen and oxygen atoms in total. The zero-order valence-electron chi connectivity index (χ0n) is 13.5. The van der Waals surface area contributed by atoms with Crippen LogP contribution in [0.4, 0.5) is 0 Å². The number of guanidine groups is 1. The number of aromatic nitrogens is 2. The molecule has 0 aliphatic carbocycles. The Morgan fingerprint density at radius 2 is 2.18 bits per heavy atom. The van der Waals surface area contributed by atoms with Crippen LogP contribution in [0.5, 0.6) is 0 Å². The Hall–Kier alpha value is -1.51. The fraction of sp³-hybridized carbons (Fsp3) is 0.467. The van der Waals surface area contributed by atoms with Gasteiger partial charge in [-0.2, -0.15) is 5.10 Å². The van der Waals surface area contributed by atoms with Gasteiger partial charge in [0.15, 0.2) is 5.96 Å². The maximum Gasteiger partial charge on any atom is 0.191 e. The monoisotopic (exact) mass is 417 g/mol. The standard InChI is InChI=1S/C15H23N5O.HI/c1-11-9-18-20(10-11)8-7-17-15(16-4)19-13(3)14-6-5-12(2)21-14;/h5-6,9-10,13H,7-8H2,1-4H3,(H2,16,17,19);1H. The summed E-state index contributed by atoms with van der Waals surface area (Å²) in [4.78, 5) is 4.22. The molecule has 0 aromatic carbocycles. The summed E-state index contributed by atoms with van der Waals surface area (Å²) < 4.78 is 7.52. The predicted molar refractivity (Wildman–Crippen MR) is 98.7 cm³/mol. The van der Waals surface area contributed by atoms with Gasteiger partial charge in [0.1, 0.15) is 11.5 Å². The van der Waals surface area contributed by atoms with Crippen molar-refractivity contribution in [1.29, 1.82) is 0 Å². The molecule has 122 valence electrons. The fourth-order valence-corrected chi connectivity index (χ4v) is 2.04. The van der Waals surface area contributed by atoms with E-state index in [1.165, 1.54) is 5.56 Å². The van der Waals surface area contributed by atoms with Crippen LogP contribution in [0.15, 0.2) is 33.9 Å². The van der Waals surface area contributed by atoms with Crippen molar-refractivity contribution in [3.8, 4) is 0 Å². The summed E-state index contributed by atoms with van der Waals surface area (Å²) in [6.45, 7) is 7.56. The van der Waals surface area contributed by atoms with E-state index in [-0.39, 0.29) is 30.0 Å². The smallest absolute Gasteiger partial charge is 0.191 e. The van der Waals surface area contributed by atoms with Gasteiger partial charge in [-0.15, -0.1) is 24.0 Å². The van der Waals surface area contributed by atoms with Crippen molar-refractivity contribution >= 4 is 29.9 Å². The first kappa shape index (κ1) is 18.5. The summed E-state index contributed by atoms with van der Waals surface area (Å²) in [6, 6.07) is 4.01. The minimum atomic E-state index is 0. The average molecular weight is 417 g/mol. The van der Waals surface area contributed by atoms with E-state index >= 15 is 0 Å². The lowest BCUT2D eigenvalue weighted by Gasteiger charge is -2.16. The first-order chi connectivity index (χ1) is 10.1. The number of nitrogens with zero attached hydrogens (tertiary/aromatic N) is 3. The van der Waals surface area contributed by atoms with Crippen LogP contribution >= 0.6 is 24.0 Å². The number of aryl methyl sites for hydroxylation is 2. The van der Waals surface area contributed by atoms with Crippen molar-refractivity contribution in [1.82, 2.24) is 20.4 Å². The van der Waals surface area contributed by atoms with Gasteiger partial charge in [0.05, 0.1) is 18.8 Å². The van der Waals surface area contributed by atoms with E-state index < -0.39 is 0 Å². The summed E-state index contributed by atoms with van der Waals surface area (Å²) in [5.41, 5.74) is 1.17. The van der Waals surface area contributed by atoms with Gasteiger partial charge in [-0.3, -0.25) is 9.67 Å². The van der Waals surface area contributed by atoms with Crippen LogP contribution in [0.2, 0.25) is 0 Å². The van der Waals surface area contributed by atoms with Gasteiger partial charge in [0, 0.05) is 19.8 Å². The Labute approximate surface area is 148 Å². The first-order valence-corrected chi connectivity index (χ1v) is 7.11. The minimum Gasteiger partial charge on any atom is -0.464 e. The highest BCUT2D eigenvalue weighted by molar-refractivity contribution is 14.0. The number of nitrogens with one attached hydrogen (secondary N) is 2. The molecule has 2 rings (SSSR count). The molecule has 0 saturated carbocycles. The molecule has 22 heavy (non-hydrogen) atoms. The maximum absolute atomic E-state index is 5.61. The largest absolute Gasteiger partial charge is 0.464 e. The molecule has 2 aromatic heterocycles. The average Bonchev–Trinajstić information content (AvgIpc) is 3.06. The Morgan fingerprint density at radius 3 is 2.73 bits per heavy atom. The third-order valence-corrected chi connectivity index (χ3v) is 3.16. The van der Waals surface area contributed by atoms with Crippen molar-refractivity contribution in [3.05, 3.63) is 41.6 Å². The van der Waals surface area contributed by atoms with Crippen molar-refractivity contribution in [2.75, 3.05) is 13.6 Å². The number of halogens is 1. The molecule has 1 unspecified atom stereocenters. The lowest BCUT2D eigenvalue weighted by molar-refractivity contribution is 0.441. The van der Waals surface area contributed by atoms with Crippen molar-refractivity contribution in [2.45, 2.75) is 33.4 Å². The first-order valence-electron chi connectivity index (χ1n) is 7.11. The van der Waals surface area contributed by atoms with E-state index in [9.17, 15) is 0 Å².